The maximum atomic E-state index is 13.1. The van der Waals surface area contributed by atoms with Crippen molar-refractivity contribution in [1.29, 1.82) is 0 Å². The molecule has 0 saturated carbocycles. The number of hydrogen-bond acceptors (Lipinski definition) is 8. The number of ketones is 1. The molecule has 1 aliphatic rings. The number of nitrogens with zero attached hydrogens (tertiary/aromatic N) is 1. The molecule has 1 heterocycles. The summed E-state index contributed by atoms with van der Waals surface area (Å²) in [7, 11) is 1.92. The standard InChI is InChI=1S/C30H57NO8/c1-11-13-17(3)25(32)20(6)26(33)18(4)15-30(9,37)16-19(5)28(21(7)29(35)36)39-24-14-23(31(10)12-2)27(34)22(8)38-24/h17-25,27-28,32,34,37H,11-16H2,1-10H3,(H,35,36)/t17-,18+,19+,20+,21+,22?,23?,24-,25-,27+,28?,30+/m0/s1. The summed E-state index contributed by atoms with van der Waals surface area (Å²) >= 11 is 0. The normalized spacial score (nSPS) is 29.1. The second-order valence-corrected chi connectivity index (χ2v) is 12.6. The molecule has 230 valence electrons. The van der Waals surface area contributed by atoms with Gasteiger partial charge in [-0.1, -0.05) is 48.0 Å². The molecule has 0 aliphatic carbocycles. The molecule has 4 N–H and O–H groups in total. The van der Waals surface area contributed by atoms with Gasteiger partial charge in [-0.3, -0.25) is 9.59 Å². The molecule has 9 heteroatoms. The SMILES string of the molecule is CCC[C@H](C)[C@H](O)[C@@H](C)C(=O)[C@H](C)C[C@@](C)(O)C[C@@H](C)C(O[C@H]1CC(N(C)CC)[C@H](O)C(C)O1)[C@@H](C)C(=O)O. The molecule has 0 aromatic heterocycles. The Kier molecular flexibility index (Phi) is 14.5. The number of carboxylic acid groups (broad SMARTS) is 1. The first-order chi connectivity index (χ1) is 18.0. The van der Waals surface area contributed by atoms with Crippen LogP contribution in [0.1, 0.15) is 94.4 Å². The van der Waals surface area contributed by atoms with Crippen molar-refractivity contribution in [2.75, 3.05) is 13.6 Å². The van der Waals surface area contributed by atoms with Crippen LogP contribution in [0.2, 0.25) is 0 Å². The van der Waals surface area contributed by atoms with E-state index in [0.717, 1.165) is 19.4 Å². The van der Waals surface area contributed by atoms with E-state index >= 15 is 0 Å². The molecule has 0 aromatic rings. The van der Waals surface area contributed by atoms with Gasteiger partial charge in [0.15, 0.2) is 6.29 Å². The van der Waals surface area contributed by atoms with Crippen LogP contribution in [-0.2, 0) is 19.1 Å². The van der Waals surface area contributed by atoms with Crippen LogP contribution in [0.5, 0.6) is 0 Å². The second-order valence-electron chi connectivity index (χ2n) is 12.6. The molecule has 12 atom stereocenters. The van der Waals surface area contributed by atoms with Gasteiger partial charge in [-0.25, -0.2) is 0 Å². The number of ether oxygens (including phenoxy) is 2. The van der Waals surface area contributed by atoms with Crippen LogP contribution < -0.4 is 0 Å². The van der Waals surface area contributed by atoms with Crippen molar-refractivity contribution in [3.63, 3.8) is 0 Å². The number of aliphatic hydroxyl groups excluding tert-OH is 2. The molecule has 0 aromatic carbocycles. The highest BCUT2D eigenvalue weighted by Gasteiger charge is 2.42. The Labute approximate surface area is 236 Å². The molecule has 0 bridgehead atoms. The summed E-state index contributed by atoms with van der Waals surface area (Å²) in [6, 6.07) is -0.188. The minimum absolute atomic E-state index is 0.0136. The second kappa shape index (κ2) is 15.8. The number of aliphatic carboxylic acids is 1. The first-order valence-electron chi connectivity index (χ1n) is 14.8. The summed E-state index contributed by atoms with van der Waals surface area (Å²) in [6.07, 6.45) is -0.779. The summed E-state index contributed by atoms with van der Waals surface area (Å²) in [5.41, 5.74) is -1.25. The molecule has 9 nitrogen and oxygen atoms in total. The van der Waals surface area contributed by atoms with Crippen LogP contribution in [0, 0.1) is 29.6 Å². The van der Waals surface area contributed by atoms with Crippen LogP contribution in [0.25, 0.3) is 0 Å². The Hall–Kier alpha value is -1.10. The molecule has 3 unspecified atom stereocenters. The van der Waals surface area contributed by atoms with Crippen molar-refractivity contribution >= 4 is 11.8 Å². The summed E-state index contributed by atoms with van der Waals surface area (Å²) in [5.74, 6) is -3.32. The van der Waals surface area contributed by atoms with Crippen molar-refractivity contribution in [1.82, 2.24) is 4.90 Å². The zero-order chi connectivity index (χ0) is 30.2. The molecular weight excluding hydrogens is 502 g/mol. The predicted molar refractivity (Wildman–Crippen MR) is 151 cm³/mol. The molecule has 1 rings (SSSR count). The van der Waals surface area contributed by atoms with E-state index in [1.54, 1.807) is 34.6 Å². The van der Waals surface area contributed by atoms with E-state index in [0.29, 0.717) is 6.42 Å². The minimum Gasteiger partial charge on any atom is -0.481 e. The van der Waals surface area contributed by atoms with Gasteiger partial charge in [0.25, 0.3) is 0 Å². The van der Waals surface area contributed by atoms with Crippen LogP contribution in [-0.4, -0.2) is 93.0 Å². The molecule has 1 aliphatic heterocycles. The highest BCUT2D eigenvalue weighted by atomic mass is 16.7. The Bertz CT molecular complexity index is 761. The summed E-state index contributed by atoms with van der Waals surface area (Å²) in [4.78, 5) is 27.1. The largest absolute Gasteiger partial charge is 0.481 e. The lowest BCUT2D eigenvalue weighted by Gasteiger charge is -2.44. The third kappa shape index (κ3) is 10.3. The molecule has 1 saturated heterocycles. The minimum atomic E-state index is -1.25. The topological polar surface area (TPSA) is 137 Å². The molecule has 0 amide bonds. The van der Waals surface area contributed by atoms with Crippen molar-refractivity contribution in [2.45, 2.75) is 137 Å². The third-order valence-corrected chi connectivity index (χ3v) is 8.77. The van der Waals surface area contributed by atoms with Crippen LogP contribution in [0.15, 0.2) is 0 Å². The molecule has 0 spiro atoms. The Morgan fingerprint density at radius 1 is 1.08 bits per heavy atom. The summed E-state index contributed by atoms with van der Waals surface area (Å²) < 4.78 is 12.2. The van der Waals surface area contributed by atoms with Gasteiger partial charge in [0.2, 0.25) is 0 Å². The van der Waals surface area contributed by atoms with E-state index in [1.807, 2.05) is 39.6 Å². The van der Waals surface area contributed by atoms with Crippen molar-refractivity contribution < 1.29 is 39.5 Å². The number of Topliss-reactive ketones (excluding diaryl/α,β-unsaturated/α-hetero) is 1. The summed E-state index contributed by atoms with van der Waals surface area (Å²) in [5, 5.41) is 42.4. The van der Waals surface area contributed by atoms with E-state index in [2.05, 4.69) is 0 Å². The molecule has 0 radical (unpaired) electrons. The van der Waals surface area contributed by atoms with Gasteiger partial charge in [-0.15, -0.1) is 0 Å². The number of carboxylic acids is 1. The number of carbonyl (C=O) groups is 2. The fraction of sp³-hybridized carbons (Fsp3) is 0.933. The Balaban J connectivity index is 2.97. The molecule has 1 fully saturated rings. The number of aliphatic hydroxyl groups is 3. The predicted octanol–water partition coefficient (Wildman–Crippen LogP) is 3.71. The first-order valence-corrected chi connectivity index (χ1v) is 14.8. The van der Waals surface area contributed by atoms with Gasteiger partial charge in [-0.05, 0) is 65.5 Å². The Morgan fingerprint density at radius 2 is 1.67 bits per heavy atom. The third-order valence-electron chi connectivity index (χ3n) is 8.77. The van der Waals surface area contributed by atoms with E-state index < -0.39 is 60.0 Å². The van der Waals surface area contributed by atoms with E-state index in [-0.39, 0.29) is 36.5 Å². The van der Waals surface area contributed by atoms with Crippen molar-refractivity contribution in [3.05, 3.63) is 0 Å². The van der Waals surface area contributed by atoms with Crippen molar-refractivity contribution in [2.24, 2.45) is 29.6 Å². The quantitative estimate of drug-likeness (QED) is 0.210. The number of rotatable bonds is 17. The maximum Gasteiger partial charge on any atom is 0.308 e. The molecule has 39 heavy (non-hydrogen) atoms. The lowest BCUT2D eigenvalue weighted by molar-refractivity contribution is -0.262. The van der Waals surface area contributed by atoms with Crippen LogP contribution in [0.4, 0.5) is 0 Å². The maximum absolute atomic E-state index is 13.1. The average Bonchev–Trinajstić information content (AvgIpc) is 2.86. The summed E-state index contributed by atoms with van der Waals surface area (Å²) in [6.45, 7) is 17.1. The van der Waals surface area contributed by atoms with E-state index in [9.17, 15) is 30.0 Å². The van der Waals surface area contributed by atoms with Gasteiger partial charge in [-0.2, -0.15) is 0 Å². The fourth-order valence-electron chi connectivity index (χ4n) is 6.24. The highest BCUT2D eigenvalue weighted by molar-refractivity contribution is 5.83. The number of hydrogen-bond donors (Lipinski definition) is 4. The van der Waals surface area contributed by atoms with E-state index in [4.69, 9.17) is 9.47 Å². The van der Waals surface area contributed by atoms with Crippen LogP contribution in [0.3, 0.4) is 0 Å². The van der Waals surface area contributed by atoms with Gasteiger partial charge in [0.05, 0.1) is 35.9 Å². The van der Waals surface area contributed by atoms with Crippen molar-refractivity contribution in [3.8, 4) is 0 Å². The van der Waals surface area contributed by atoms with Gasteiger partial charge in [0.1, 0.15) is 5.78 Å². The zero-order valence-corrected chi connectivity index (χ0v) is 26.0. The zero-order valence-electron chi connectivity index (χ0n) is 26.0. The fourth-order valence-corrected chi connectivity index (χ4v) is 6.24. The van der Waals surface area contributed by atoms with Gasteiger partial charge >= 0.3 is 5.97 Å². The monoisotopic (exact) mass is 559 g/mol. The van der Waals surface area contributed by atoms with E-state index in [1.165, 1.54) is 0 Å². The lowest BCUT2D eigenvalue weighted by atomic mass is 9.77. The average molecular weight is 560 g/mol. The lowest BCUT2D eigenvalue weighted by Crippen LogP contribution is -2.55. The smallest absolute Gasteiger partial charge is 0.308 e. The van der Waals surface area contributed by atoms with Crippen LogP contribution >= 0.6 is 0 Å². The Morgan fingerprint density at radius 3 is 2.18 bits per heavy atom. The molecular formula is C30H57NO8. The number of likely N-dealkylation sites (N-methyl/N-ethyl adjacent to an activating group) is 1. The van der Waals surface area contributed by atoms with Gasteiger partial charge < -0.3 is 34.8 Å². The highest BCUT2D eigenvalue weighted by Crippen LogP contribution is 2.34. The number of carbonyl (C=O) groups excluding carboxylic acids is 1. The van der Waals surface area contributed by atoms with Gasteiger partial charge in [0, 0.05) is 24.3 Å². The first kappa shape index (κ1) is 35.9.